The smallest absolute Gasteiger partial charge is 0.255 e. The van der Waals surface area contributed by atoms with Gasteiger partial charge in [0, 0.05) is 33.8 Å². The fourth-order valence-electron chi connectivity index (χ4n) is 3.29. The molecule has 2 amide bonds. The van der Waals surface area contributed by atoms with Crippen LogP contribution in [0.4, 0.5) is 11.4 Å². The van der Waals surface area contributed by atoms with Gasteiger partial charge in [-0.1, -0.05) is 23.7 Å². The van der Waals surface area contributed by atoms with Crippen molar-refractivity contribution in [3.05, 3.63) is 105 Å². The summed E-state index contributed by atoms with van der Waals surface area (Å²) in [6, 6.07) is 21.5. The largest absolute Gasteiger partial charge is 0.497 e. The van der Waals surface area contributed by atoms with Crippen LogP contribution < -0.4 is 15.4 Å². The van der Waals surface area contributed by atoms with Gasteiger partial charge < -0.3 is 15.4 Å². The number of carbonyl (C=O) groups excluding carboxylic acids is 2. The molecule has 1 heterocycles. The first-order valence-corrected chi connectivity index (χ1v) is 11.8. The zero-order valence-electron chi connectivity index (χ0n) is 18.4. The number of hydrogen-bond acceptors (Lipinski definition) is 5. The lowest BCUT2D eigenvalue weighted by Gasteiger charge is -2.08. The van der Waals surface area contributed by atoms with Gasteiger partial charge in [-0.25, -0.2) is 4.98 Å². The molecule has 0 aliphatic heterocycles. The molecule has 0 unspecified atom stereocenters. The molecule has 0 radical (unpaired) electrons. The minimum atomic E-state index is -0.238. The van der Waals surface area contributed by atoms with E-state index in [2.05, 4.69) is 15.6 Å². The number of ether oxygens (including phenoxy) is 1. The van der Waals surface area contributed by atoms with Crippen LogP contribution in [0, 0.1) is 0 Å². The van der Waals surface area contributed by atoms with E-state index in [1.807, 2.05) is 29.6 Å². The van der Waals surface area contributed by atoms with Gasteiger partial charge in [0.25, 0.3) is 5.91 Å². The Kier molecular flexibility index (Phi) is 7.57. The highest BCUT2D eigenvalue weighted by Gasteiger charge is 2.11. The van der Waals surface area contributed by atoms with Crippen molar-refractivity contribution >= 4 is 46.1 Å². The topological polar surface area (TPSA) is 80.3 Å². The van der Waals surface area contributed by atoms with Crippen LogP contribution in [0.3, 0.4) is 0 Å². The second-order valence-corrected chi connectivity index (χ2v) is 8.90. The maximum absolute atomic E-state index is 12.5. The fraction of sp³-hybridized carbons (Fsp3) is 0.115. The summed E-state index contributed by atoms with van der Waals surface area (Å²) in [6.07, 6.45) is 0.846. The highest BCUT2D eigenvalue weighted by atomic mass is 35.5. The molecular formula is C26H22ClN3O3S. The lowest BCUT2D eigenvalue weighted by atomic mass is 10.1. The molecule has 1 aromatic heterocycles. The number of nitrogens with one attached hydrogen (secondary N) is 2. The molecule has 0 bridgehead atoms. The van der Waals surface area contributed by atoms with E-state index in [0.717, 1.165) is 16.3 Å². The maximum Gasteiger partial charge on any atom is 0.255 e. The number of rotatable bonds is 8. The van der Waals surface area contributed by atoms with Gasteiger partial charge in [-0.2, -0.15) is 0 Å². The van der Waals surface area contributed by atoms with Crippen molar-refractivity contribution in [1.29, 1.82) is 0 Å². The van der Waals surface area contributed by atoms with Gasteiger partial charge in [0.15, 0.2) is 0 Å². The van der Waals surface area contributed by atoms with Gasteiger partial charge in [0.1, 0.15) is 5.75 Å². The molecule has 4 rings (SSSR count). The van der Waals surface area contributed by atoms with E-state index in [9.17, 15) is 9.59 Å². The summed E-state index contributed by atoms with van der Waals surface area (Å²) in [5.74, 6) is 0.306. The zero-order valence-corrected chi connectivity index (χ0v) is 20.0. The van der Waals surface area contributed by atoms with Crippen LogP contribution in [0.2, 0.25) is 5.02 Å². The average molecular weight is 492 g/mol. The van der Waals surface area contributed by atoms with Crippen LogP contribution in [-0.4, -0.2) is 23.9 Å². The van der Waals surface area contributed by atoms with Crippen LogP contribution in [0.1, 0.15) is 26.6 Å². The summed E-state index contributed by atoms with van der Waals surface area (Å²) in [5.41, 5.74) is 3.56. The quantitative estimate of drug-likeness (QED) is 0.325. The normalized spacial score (nSPS) is 10.5. The SMILES string of the molecule is COc1ccc(NC(=O)c2ccc(NC(=O)Cc3csc(Cc4cccc(Cl)c4)n3)cc2)cc1. The number of amides is 2. The van der Waals surface area contributed by atoms with Crippen LogP contribution in [0.15, 0.2) is 78.2 Å². The number of nitrogens with zero attached hydrogens (tertiary/aromatic N) is 1. The molecule has 0 aliphatic rings. The third-order valence-electron chi connectivity index (χ3n) is 4.96. The van der Waals surface area contributed by atoms with Gasteiger partial charge in [-0.15, -0.1) is 11.3 Å². The predicted octanol–water partition coefficient (Wildman–Crippen LogP) is 5.83. The number of hydrogen-bond donors (Lipinski definition) is 2. The molecule has 3 aromatic carbocycles. The average Bonchev–Trinajstić information content (AvgIpc) is 3.26. The number of halogens is 1. The van der Waals surface area contributed by atoms with E-state index in [0.29, 0.717) is 34.1 Å². The van der Waals surface area contributed by atoms with Crippen molar-refractivity contribution in [3.63, 3.8) is 0 Å². The zero-order chi connectivity index (χ0) is 23.9. The van der Waals surface area contributed by atoms with Crippen molar-refractivity contribution < 1.29 is 14.3 Å². The lowest BCUT2D eigenvalue weighted by molar-refractivity contribution is -0.115. The van der Waals surface area contributed by atoms with E-state index >= 15 is 0 Å². The molecule has 6 nitrogen and oxygen atoms in total. The number of thiazole rings is 1. The molecule has 0 atom stereocenters. The van der Waals surface area contributed by atoms with Crippen molar-refractivity contribution in [2.24, 2.45) is 0 Å². The number of benzene rings is 3. The Morgan fingerprint density at radius 2 is 1.68 bits per heavy atom. The summed E-state index contributed by atoms with van der Waals surface area (Å²) in [6.45, 7) is 0. The van der Waals surface area contributed by atoms with Crippen molar-refractivity contribution in [1.82, 2.24) is 4.98 Å². The van der Waals surface area contributed by atoms with Crippen LogP contribution >= 0.6 is 22.9 Å². The summed E-state index contributed by atoms with van der Waals surface area (Å²) < 4.78 is 5.12. The third kappa shape index (κ3) is 6.43. The first-order valence-electron chi connectivity index (χ1n) is 10.5. The molecule has 34 heavy (non-hydrogen) atoms. The molecule has 0 aliphatic carbocycles. The minimum Gasteiger partial charge on any atom is -0.497 e. The molecule has 0 fully saturated rings. The Balaban J connectivity index is 1.29. The van der Waals surface area contributed by atoms with E-state index in [4.69, 9.17) is 16.3 Å². The summed E-state index contributed by atoms with van der Waals surface area (Å²) in [4.78, 5) is 29.5. The van der Waals surface area contributed by atoms with Crippen molar-refractivity contribution in [3.8, 4) is 5.75 Å². The van der Waals surface area contributed by atoms with E-state index in [1.54, 1.807) is 55.6 Å². The minimum absolute atomic E-state index is 0.171. The molecule has 8 heteroatoms. The van der Waals surface area contributed by atoms with Crippen LogP contribution in [0.5, 0.6) is 5.75 Å². The number of methoxy groups -OCH3 is 1. The fourth-order valence-corrected chi connectivity index (χ4v) is 4.33. The van der Waals surface area contributed by atoms with Crippen LogP contribution in [-0.2, 0) is 17.6 Å². The summed E-state index contributed by atoms with van der Waals surface area (Å²) >= 11 is 7.56. The molecule has 2 N–H and O–H groups in total. The molecule has 0 saturated heterocycles. The molecule has 4 aromatic rings. The van der Waals surface area contributed by atoms with Crippen molar-refractivity contribution in [2.45, 2.75) is 12.8 Å². The van der Waals surface area contributed by atoms with Gasteiger partial charge >= 0.3 is 0 Å². The molecular weight excluding hydrogens is 470 g/mol. The first-order chi connectivity index (χ1) is 16.5. The lowest BCUT2D eigenvalue weighted by Crippen LogP contribution is -2.15. The Morgan fingerprint density at radius 3 is 2.38 bits per heavy atom. The summed E-state index contributed by atoms with van der Waals surface area (Å²) in [7, 11) is 1.59. The Bertz CT molecular complexity index is 1290. The van der Waals surface area contributed by atoms with E-state index < -0.39 is 0 Å². The first kappa shape index (κ1) is 23.5. The number of carbonyl (C=O) groups is 2. The van der Waals surface area contributed by atoms with Crippen LogP contribution in [0.25, 0.3) is 0 Å². The van der Waals surface area contributed by atoms with E-state index in [-0.39, 0.29) is 18.2 Å². The second-order valence-electron chi connectivity index (χ2n) is 7.52. The Hall–Kier alpha value is -3.68. The Labute approximate surface area is 206 Å². The molecule has 0 spiro atoms. The second kappa shape index (κ2) is 11.0. The van der Waals surface area contributed by atoms with Gasteiger partial charge in [0.05, 0.1) is 24.2 Å². The maximum atomic E-state index is 12.5. The van der Waals surface area contributed by atoms with Gasteiger partial charge in [0.2, 0.25) is 5.91 Å². The molecule has 172 valence electrons. The highest BCUT2D eigenvalue weighted by Crippen LogP contribution is 2.19. The third-order valence-corrected chi connectivity index (χ3v) is 6.10. The summed E-state index contributed by atoms with van der Waals surface area (Å²) in [5, 5.41) is 9.19. The van der Waals surface area contributed by atoms with E-state index in [1.165, 1.54) is 11.3 Å². The number of aromatic nitrogens is 1. The predicted molar refractivity (Wildman–Crippen MR) is 136 cm³/mol. The monoisotopic (exact) mass is 491 g/mol. The van der Waals surface area contributed by atoms with Gasteiger partial charge in [-0.05, 0) is 66.2 Å². The van der Waals surface area contributed by atoms with Gasteiger partial charge in [-0.3, -0.25) is 9.59 Å². The number of anilines is 2. The standard InChI is InChI=1S/C26H22ClN3O3S/c1-33-23-11-9-21(10-12-23)30-26(32)18-5-7-20(8-6-18)28-24(31)15-22-16-34-25(29-22)14-17-3-2-4-19(27)13-17/h2-13,16H,14-15H2,1H3,(H,28,31)(H,30,32). The van der Waals surface area contributed by atoms with Crippen molar-refractivity contribution in [2.75, 3.05) is 17.7 Å². The Morgan fingerprint density at radius 1 is 0.971 bits per heavy atom. The highest BCUT2D eigenvalue weighted by molar-refractivity contribution is 7.09. The molecule has 0 saturated carbocycles.